The molecule has 0 aromatic heterocycles. The Balaban J connectivity index is 2.74. The Labute approximate surface area is 94.1 Å². The lowest BCUT2D eigenvalue weighted by atomic mass is 10.1. The van der Waals surface area contributed by atoms with Crippen LogP contribution in [0.2, 0.25) is 0 Å². The number of aryl methyl sites for hydroxylation is 1. The number of carbonyl (C=O) groups is 1. The Bertz CT molecular complexity index is 364. The summed E-state index contributed by atoms with van der Waals surface area (Å²) in [4.78, 5) is 11.6. The van der Waals surface area contributed by atoms with E-state index in [1.165, 1.54) is 0 Å². The number of phenolic OH excluding ortho intramolecular Hbond substituents is 1. The van der Waals surface area contributed by atoms with Crippen molar-refractivity contribution in [1.29, 1.82) is 0 Å². The van der Waals surface area contributed by atoms with Crippen LogP contribution in [-0.4, -0.2) is 22.9 Å². The summed E-state index contributed by atoms with van der Waals surface area (Å²) < 4.78 is 0. The number of hydrogen-bond donors (Lipinski definition) is 2. The SMILES string of the molecule is Cc1ccc(C(=O)NCC(C)Cl)c(O)c1. The van der Waals surface area contributed by atoms with E-state index >= 15 is 0 Å². The number of hydrogen-bond acceptors (Lipinski definition) is 2. The predicted octanol–water partition coefficient (Wildman–Crippen LogP) is 2.06. The molecule has 1 rings (SSSR count). The number of halogens is 1. The van der Waals surface area contributed by atoms with Crippen molar-refractivity contribution in [2.24, 2.45) is 0 Å². The van der Waals surface area contributed by atoms with Crippen LogP contribution in [0.25, 0.3) is 0 Å². The molecule has 82 valence electrons. The van der Waals surface area contributed by atoms with E-state index in [1.54, 1.807) is 25.1 Å². The first-order valence-electron chi connectivity index (χ1n) is 4.72. The Morgan fingerprint density at radius 2 is 2.27 bits per heavy atom. The number of carbonyl (C=O) groups excluding carboxylic acids is 1. The van der Waals surface area contributed by atoms with Crippen LogP contribution in [0.1, 0.15) is 22.8 Å². The zero-order chi connectivity index (χ0) is 11.4. The average Bonchev–Trinajstić information content (AvgIpc) is 2.14. The van der Waals surface area contributed by atoms with Crippen LogP contribution in [0.5, 0.6) is 5.75 Å². The van der Waals surface area contributed by atoms with E-state index in [2.05, 4.69) is 5.32 Å². The lowest BCUT2D eigenvalue weighted by Crippen LogP contribution is -2.28. The highest BCUT2D eigenvalue weighted by Gasteiger charge is 2.10. The molecule has 1 aromatic rings. The summed E-state index contributed by atoms with van der Waals surface area (Å²) in [6, 6.07) is 4.93. The molecule has 0 heterocycles. The van der Waals surface area contributed by atoms with E-state index in [-0.39, 0.29) is 22.6 Å². The van der Waals surface area contributed by atoms with Gasteiger partial charge in [-0.15, -0.1) is 11.6 Å². The monoisotopic (exact) mass is 227 g/mol. The summed E-state index contributed by atoms with van der Waals surface area (Å²) in [5, 5.41) is 12.0. The van der Waals surface area contributed by atoms with Crippen LogP contribution in [0.4, 0.5) is 0 Å². The van der Waals surface area contributed by atoms with Gasteiger partial charge >= 0.3 is 0 Å². The number of nitrogens with one attached hydrogen (secondary N) is 1. The van der Waals surface area contributed by atoms with Gasteiger partial charge in [-0.2, -0.15) is 0 Å². The van der Waals surface area contributed by atoms with Crippen molar-refractivity contribution in [3.8, 4) is 5.75 Å². The second kappa shape index (κ2) is 5.03. The lowest BCUT2D eigenvalue weighted by Gasteiger charge is -2.08. The van der Waals surface area contributed by atoms with Gasteiger partial charge in [0.15, 0.2) is 0 Å². The standard InChI is InChI=1S/C11H14ClNO2/c1-7-3-4-9(10(14)5-7)11(15)13-6-8(2)12/h3-5,8,14H,6H2,1-2H3,(H,13,15). The molecule has 0 saturated carbocycles. The Morgan fingerprint density at radius 1 is 1.60 bits per heavy atom. The fourth-order valence-electron chi connectivity index (χ4n) is 1.16. The van der Waals surface area contributed by atoms with Crippen LogP contribution < -0.4 is 5.32 Å². The van der Waals surface area contributed by atoms with Crippen LogP contribution in [0.3, 0.4) is 0 Å². The number of amides is 1. The van der Waals surface area contributed by atoms with Crippen molar-refractivity contribution in [3.05, 3.63) is 29.3 Å². The van der Waals surface area contributed by atoms with E-state index < -0.39 is 0 Å². The third kappa shape index (κ3) is 3.44. The zero-order valence-corrected chi connectivity index (χ0v) is 9.51. The van der Waals surface area contributed by atoms with Gasteiger partial charge in [-0.1, -0.05) is 6.07 Å². The number of aromatic hydroxyl groups is 1. The Kier molecular flexibility index (Phi) is 3.97. The molecular weight excluding hydrogens is 214 g/mol. The topological polar surface area (TPSA) is 49.3 Å². The fraction of sp³-hybridized carbons (Fsp3) is 0.364. The molecule has 0 bridgehead atoms. The van der Waals surface area contributed by atoms with Crippen molar-refractivity contribution in [3.63, 3.8) is 0 Å². The summed E-state index contributed by atoms with van der Waals surface area (Å²) in [5.41, 5.74) is 1.19. The van der Waals surface area contributed by atoms with Crippen molar-refractivity contribution in [2.75, 3.05) is 6.54 Å². The van der Waals surface area contributed by atoms with Gasteiger partial charge in [0.1, 0.15) is 5.75 Å². The maximum absolute atomic E-state index is 11.6. The Morgan fingerprint density at radius 3 is 2.80 bits per heavy atom. The van der Waals surface area contributed by atoms with Crippen molar-refractivity contribution in [2.45, 2.75) is 19.2 Å². The molecule has 1 aromatic carbocycles. The zero-order valence-electron chi connectivity index (χ0n) is 8.75. The van der Waals surface area contributed by atoms with E-state index in [0.29, 0.717) is 6.54 Å². The molecule has 0 spiro atoms. The second-order valence-electron chi connectivity index (χ2n) is 3.51. The van der Waals surface area contributed by atoms with Crippen LogP contribution in [0, 0.1) is 6.92 Å². The first-order valence-corrected chi connectivity index (χ1v) is 5.16. The third-order valence-corrected chi connectivity index (χ3v) is 2.10. The summed E-state index contributed by atoms with van der Waals surface area (Å²) >= 11 is 5.70. The van der Waals surface area contributed by atoms with Gasteiger partial charge in [-0.3, -0.25) is 4.79 Å². The van der Waals surface area contributed by atoms with Gasteiger partial charge in [-0.25, -0.2) is 0 Å². The van der Waals surface area contributed by atoms with Gasteiger partial charge in [-0.05, 0) is 31.5 Å². The highest BCUT2D eigenvalue weighted by molar-refractivity contribution is 6.20. The van der Waals surface area contributed by atoms with Gasteiger partial charge < -0.3 is 10.4 Å². The van der Waals surface area contributed by atoms with Crippen molar-refractivity contribution >= 4 is 17.5 Å². The van der Waals surface area contributed by atoms with E-state index in [9.17, 15) is 9.90 Å². The molecule has 2 N–H and O–H groups in total. The molecule has 0 aliphatic carbocycles. The molecule has 1 amide bonds. The van der Waals surface area contributed by atoms with Gasteiger partial charge in [0.25, 0.3) is 5.91 Å². The summed E-state index contributed by atoms with van der Waals surface area (Å²) in [6.45, 7) is 4.02. The molecule has 1 atom stereocenters. The third-order valence-electron chi connectivity index (χ3n) is 1.94. The van der Waals surface area contributed by atoms with Crippen LogP contribution in [0.15, 0.2) is 18.2 Å². The molecule has 4 heteroatoms. The fourth-order valence-corrected chi connectivity index (χ4v) is 1.24. The highest BCUT2D eigenvalue weighted by atomic mass is 35.5. The quantitative estimate of drug-likeness (QED) is 0.777. The molecular formula is C11H14ClNO2. The number of phenols is 1. The largest absolute Gasteiger partial charge is 0.507 e. The maximum Gasteiger partial charge on any atom is 0.255 e. The van der Waals surface area contributed by atoms with Crippen LogP contribution >= 0.6 is 11.6 Å². The smallest absolute Gasteiger partial charge is 0.255 e. The van der Waals surface area contributed by atoms with Crippen molar-refractivity contribution < 1.29 is 9.90 Å². The highest BCUT2D eigenvalue weighted by Crippen LogP contribution is 2.18. The second-order valence-corrected chi connectivity index (χ2v) is 4.26. The number of alkyl halides is 1. The van der Waals surface area contributed by atoms with E-state index in [0.717, 1.165) is 5.56 Å². The average molecular weight is 228 g/mol. The minimum absolute atomic E-state index is 0.00488. The van der Waals surface area contributed by atoms with Gasteiger partial charge in [0.2, 0.25) is 0 Å². The molecule has 1 unspecified atom stereocenters. The predicted molar refractivity (Wildman–Crippen MR) is 60.5 cm³/mol. The minimum Gasteiger partial charge on any atom is -0.507 e. The number of benzene rings is 1. The van der Waals surface area contributed by atoms with E-state index in [4.69, 9.17) is 11.6 Å². The van der Waals surface area contributed by atoms with Crippen LogP contribution in [-0.2, 0) is 0 Å². The lowest BCUT2D eigenvalue weighted by molar-refractivity contribution is 0.0951. The van der Waals surface area contributed by atoms with Crippen molar-refractivity contribution in [1.82, 2.24) is 5.32 Å². The van der Waals surface area contributed by atoms with Gasteiger partial charge in [0.05, 0.1) is 5.56 Å². The summed E-state index contributed by atoms with van der Waals surface area (Å²) in [6.07, 6.45) is 0. The molecule has 0 saturated heterocycles. The first kappa shape index (κ1) is 11.9. The molecule has 0 aliphatic heterocycles. The number of rotatable bonds is 3. The molecule has 0 radical (unpaired) electrons. The minimum atomic E-state index is -0.306. The summed E-state index contributed by atoms with van der Waals surface area (Å²) in [5.74, 6) is -0.310. The molecule has 0 aliphatic rings. The van der Waals surface area contributed by atoms with Gasteiger partial charge in [0, 0.05) is 11.9 Å². The normalized spacial score (nSPS) is 12.2. The first-order chi connectivity index (χ1) is 7.00. The maximum atomic E-state index is 11.6. The molecule has 0 fully saturated rings. The molecule has 15 heavy (non-hydrogen) atoms. The summed E-state index contributed by atoms with van der Waals surface area (Å²) in [7, 11) is 0. The van der Waals surface area contributed by atoms with E-state index in [1.807, 2.05) is 6.92 Å². The Hall–Kier alpha value is -1.22. The molecule has 3 nitrogen and oxygen atoms in total.